The number of carbonyl (C=O) groups excluding carboxylic acids is 3. The third-order valence-electron chi connectivity index (χ3n) is 7.95. The van der Waals surface area contributed by atoms with E-state index < -0.39 is 11.9 Å². The predicted molar refractivity (Wildman–Crippen MR) is 135 cm³/mol. The first kappa shape index (κ1) is 22.9. The van der Waals surface area contributed by atoms with Crippen molar-refractivity contribution in [2.75, 3.05) is 18.0 Å². The highest BCUT2D eigenvalue weighted by Crippen LogP contribution is 2.43. The van der Waals surface area contributed by atoms with Gasteiger partial charge in [0.15, 0.2) is 0 Å². The number of hydrogen-bond donors (Lipinski definition) is 1. The van der Waals surface area contributed by atoms with E-state index in [1.807, 2.05) is 30.3 Å². The summed E-state index contributed by atoms with van der Waals surface area (Å²) in [5.74, 6) is -0.677. The number of likely N-dealkylation sites (tertiary alicyclic amines) is 1. The Bertz CT molecular complexity index is 1410. The molecule has 36 heavy (non-hydrogen) atoms. The number of halogens is 1. The first-order valence-corrected chi connectivity index (χ1v) is 12.6. The lowest BCUT2D eigenvalue weighted by Crippen LogP contribution is -2.53. The van der Waals surface area contributed by atoms with E-state index in [2.05, 4.69) is 22.3 Å². The Hall–Kier alpha value is -3.58. The van der Waals surface area contributed by atoms with Gasteiger partial charge >= 0.3 is 0 Å². The largest absolute Gasteiger partial charge is 0.299 e. The molecule has 0 aromatic heterocycles. The number of piperidine rings is 2. The van der Waals surface area contributed by atoms with Crippen LogP contribution in [0.4, 0.5) is 10.1 Å². The molecular weight excluding hydrogens is 457 g/mol. The van der Waals surface area contributed by atoms with Crippen LogP contribution in [0.5, 0.6) is 0 Å². The monoisotopic (exact) mass is 485 g/mol. The number of amides is 3. The summed E-state index contributed by atoms with van der Waals surface area (Å²) in [4.78, 5) is 41.5. The normalized spacial score (nSPS) is 20.9. The second-order valence-electron chi connectivity index (χ2n) is 10.2. The van der Waals surface area contributed by atoms with Gasteiger partial charge in [0.25, 0.3) is 5.91 Å². The lowest BCUT2D eigenvalue weighted by Gasteiger charge is -2.33. The maximum absolute atomic E-state index is 14.0. The van der Waals surface area contributed by atoms with E-state index >= 15 is 0 Å². The molecule has 3 aliphatic heterocycles. The molecule has 3 amide bonds. The number of anilines is 1. The summed E-state index contributed by atoms with van der Waals surface area (Å²) >= 11 is 0. The Labute approximate surface area is 209 Å². The van der Waals surface area contributed by atoms with Crippen molar-refractivity contribution in [1.29, 1.82) is 0 Å². The van der Waals surface area contributed by atoms with E-state index in [1.165, 1.54) is 5.56 Å². The molecule has 1 atom stereocenters. The average Bonchev–Trinajstić information content (AvgIpc) is 3.15. The lowest BCUT2D eigenvalue weighted by molar-refractivity contribution is -0.134. The van der Waals surface area contributed by atoms with Gasteiger partial charge in [-0.1, -0.05) is 30.3 Å². The number of nitrogens with one attached hydrogen (secondary N) is 1. The van der Waals surface area contributed by atoms with Crippen molar-refractivity contribution < 1.29 is 18.8 Å². The van der Waals surface area contributed by atoms with Crippen LogP contribution in [-0.4, -0.2) is 41.8 Å². The van der Waals surface area contributed by atoms with Crippen LogP contribution in [0.1, 0.15) is 58.6 Å². The van der Waals surface area contributed by atoms with E-state index in [-0.39, 0.29) is 24.1 Å². The molecule has 2 saturated heterocycles. The van der Waals surface area contributed by atoms with Crippen LogP contribution in [0, 0.1) is 12.7 Å². The molecule has 1 unspecified atom stereocenters. The van der Waals surface area contributed by atoms with Gasteiger partial charge in [0.05, 0.1) is 5.69 Å². The third kappa shape index (κ3) is 3.78. The number of carbonyl (C=O) groups is 3. The van der Waals surface area contributed by atoms with Gasteiger partial charge in [-0.15, -0.1) is 0 Å². The van der Waals surface area contributed by atoms with Crippen LogP contribution in [0.2, 0.25) is 0 Å². The minimum atomic E-state index is -0.675. The molecule has 0 aliphatic carbocycles. The Balaban J connectivity index is 1.24. The van der Waals surface area contributed by atoms with Crippen molar-refractivity contribution in [3.05, 3.63) is 76.6 Å². The molecule has 3 heterocycles. The minimum absolute atomic E-state index is 0.156. The van der Waals surface area contributed by atoms with Crippen molar-refractivity contribution in [2.24, 2.45) is 0 Å². The van der Waals surface area contributed by atoms with Gasteiger partial charge in [0, 0.05) is 23.9 Å². The van der Waals surface area contributed by atoms with E-state index in [0.29, 0.717) is 23.5 Å². The SMILES string of the molecule is Cc1ccc(CN2CCC(c3ccc4c5c(cccc35)N(C3CCC(=O)NC3=O)C4=O)CC2)cc1F. The zero-order valence-corrected chi connectivity index (χ0v) is 20.2. The highest BCUT2D eigenvalue weighted by atomic mass is 19.1. The summed E-state index contributed by atoms with van der Waals surface area (Å²) in [5, 5.41) is 4.35. The standard InChI is InChI=1S/C29H28FN3O3/c1-17-5-6-18(15-23(17)30)16-32-13-11-19(12-14-32)20-7-8-22-27-21(20)3-2-4-24(27)33(29(22)36)25-9-10-26(34)31-28(25)35/h2-8,15,19,25H,9-14,16H2,1H3,(H,31,34,35). The second kappa shape index (κ2) is 8.82. The van der Waals surface area contributed by atoms with Gasteiger partial charge in [-0.2, -0.15) is 0 Å². The molecule has 2 fully saturated rings. The molecular formula is C29H28FN3O3. The number of nitrogens with zero attached hydrogens (tertiary/aromatic N) is 2. The van der Waals surface area contributed by atoms with Gasteiger partial charge in [-0.05, 0) is 85.5 Å². The Morgan fingerprint density at radius 2 is 1.81 bits per heavy atom. The molecule has 0 bridgehead atoms. The Kier molecular flexibility index (Phi) is 5.60. The van der Waals surface area contributed by atoms with E-state index in [9.17, 15) is 18.8 Å². The topological polar surface area (TPSA) is 69.7 Å². The number of hydrogen-bond acceptors (Lipinski definition) is 4. The fraction of sp³-hybridized carbons (Fsp3) is 0.345. The van der Waals surface area contributed by atoms with Gasteiger partial charge in [0.1, 0.15) is 11.9 Å². The molecule has 7 heteroatoms. The quantitative estimate of drug-likeness (QED) is 0.555. The maximum Gasteiger partial charge on any atom is 0.259 e. The molecule has 3 aromatic carbocycles. The zero-order valence-electron chi connectivity index (χ0n) is 20.2. The summed E-state index contributed by atoms with van der Waals surface area (Å²) in [7, 11) is 0. The van der Waals surface area contributed by atoms with E-state index in [0.717, 1.165) is 54.5 Å². The first-order chi connectivity index (χ1) is 17.4. The maximum atomic E-state index is 14.0. The molecule has 0 radical (unpaired) electrons. The average molecular weight is 486 g/mol. The molecule has 0 spiro atoms. The van der Waals surface area contributed by atoms with Gasteiger partial charge in [0.2, 0.25) is 11.8 Å². The minimum Gasteiger partial charge on any atom is -0.299 e. The van der Waals surface area contributed by atoms with Crippen molar-refractivity contribution in [2.45, 2.75) is 51.1 Å². The van der Waals surface area contributed by atoms with Crippen LogP contribution < -0.4 is 10.2 Å². The van der Waals surface area contributed by atoms with Gasteiger partial charge < -0.3 is 0 Å². The van der Waals surface area contributed by atoms with Crippen LogP contribution in [-0.2, 0) is 16.1 Å². The Morgan fingerprint density at radius 1 is 1.00 bits per heavy atom. The smallest absolute Gasteiger partial charge is 0.259 e. The summed E-state index contributed by atoms with van der Waals surface area (Å²) in [6.45, 7) is 4.36. The van der Waals surface area contributed by atoms with Crippen molar-refractivity contribution in [1.82, 2.24) is 10.2 Å². The summed E-state index contributed by atoms with van der Waals surface area (Å²) < 4.78 is 14.0. The van der Waals surface area contributed by atoms with E-state index in [4.69, 9.17) is 0 Å². The van der Waals surface area contributed by atoms with Crippen LogP contribution in [0.15, 0.2) is 48.5 Å². The van der Waals surface area contributed by atoms with Gasteiger partial charge in [-0.25, -0.2) is 4.39 Å². The highest BCUT2D eigenvalue weighted by Gasteiger charge is 2.41. The van der Waals surface area contributed by atoms with Crippen molar-refractivity contribution in [3.8, 4) is 0 Å². The predicted octanol–water partition coefficient (Wildman–Crippen LogP) is 4.43. The first-order valence-electron chi connectivity index (χ1n) is 12.6. The van der Waals surface area contributed by atoms with E-state index in [1.54, 1.807) is 17.9 Å². The number of imide groups is 1. The van der Waals surface area contributed by atoms with Crippen LogP contribution in [0.3, 0.4) is 0 Å². The Morgan fingerprint density at radius 3 is 2.56 bits per heavy atom. The van der Waals surface area contributed by atoms with Crippen LogP contribution in [0.25, 0.3) is 10.8 Å². The van der Waals surface area contributed by atoms with Gasteiger partial charge in [-0.3, -0.25) is 29.5 Å². The third-order valence-corrected chi connectivity index (χ3v) is 7.95. The zero-order chi connectivity index (χ0) is 25.0. The lowest BCUT2D eigenvalue weighted by atomic mass is 9.85. The summed E-state index contributed by atoms with van der Waals surface area (Å²) in [6.07, 6.45) is 2.53. The summed E-state index contributed by atoms with van der Waals surface area (Å²) in [6, 6.07) is 14.7. The fourth-order valence-electron chi connectivity index (χ4n) is 6.02. The molecule has 0 saturated carbocycles. The fourth-order valence-corrected chi connectivity index (χ4v) is 6.02. The molecule has 1 N–H and O–H groups in total. The number of aryl methyl sites for hydroxylation is 1. The molecule has 3 aliphatic rings. The van der Waals surface area contributed by atoms with Crippen molar-refractivity contribution in [3.63, 3.8) is 0 Å². The molecule has 184 valence electrons. The van der Waals surface area contributed by atoms with Crippen LogP contribution >= 0.6 is 0 Å². The molecule has 6 nitrogen and oxygen atoms in total. The number of rotatable bonds is 4. The van der Waals surface area contributed by atoms with Crippen molar-refractivity contribution >= 4 is 34.2 Å². The summed E-state index contributed by atoms with van der Waals surface area (Å²) in [5.41, 5.74) is 4.26. The number of benzene rings is 3. The molecule has 6 rings (SSSR count). The highest BCUT2D eigenvalue weighted by molar-refractivity contribution is 6.27. The molecule has 3 aromatic rings. The second-order valence-corrected chi connectivity index (χ2v) is 10.2.